The summed E-state index contributed by atoms with van der Waals surface area (Å²) >= 11 is 0. The van der Waals surface area contributed by atoms with Crippen LogP contribution in [0.2, 0.25) is 0 Å². The number of amides is 2. The maximum Gasteiger partial charge on any atom is 0.328 e. The first-order valence-corrected chi connectivity index (χ1v) is 7.81. The Hall–Kier alpha value is -3.56. The molecule has 0 aliphatic carbocycles. The van der Waals surface area contributed by atoms with Crippen LogP contribution in [-0.4, -0.2) is 49.2 Å². The Morgan fingerprint density at radius 1 is 1.04 bits per heavy atom. The third-order valence-corrected chi connectivity index (χ3v) is 3.49. The van der Waals surface area contributed by atoms with Crippen molar-refractivity contribution in [3.05, 3.63) is 29.8 Å². The predicted molar refractivity (Wildman–Crippen MR) is 94.3 cm³/mol. The van der Waals surface area contributed by atoms with Crippen molar-refractivity contribution in [2.75, 3.05) is 21.3 Å². The molecule has 2 aromatic rings. The fourth-order valence-corrected chi connectivity index (χ4v) is 2.07. The van der Waals surface area contributed by atoms with Crippen LogP contribution in [0, 0.1) is 0 Å². The minimum absolute atomic E-state index is 0.0542. The predicted octanol–water partition coefficient (Wildman–Crippen LogP) is 0.898. The van der Waals surface area contributed by atoms with Crippen LogP contribution in [0.25, 0.3) is 0 Å². The summed E-state index contributed by atoms with van der Waals surface area (Å²) in [6.07, 6.45) is 0. The van der Waals surface area contributed by atoms with Gasteiger partial charge in [0.05, 0.1) is 27.4 Å². The van der Waals surface area contributed by atoms with E-state index in [-0.39, 0.29) is 34.8 Å². The zero-order chi connectivity index (χ0) is 20.0. The van der Waals surface area contributed by atoms with Gasteiger partial charge in [0.2, 0.25) is 17.7 Å². The number of carbonyl (C=O) groups is 2. The van der Waals surface area contributed by atoms with Crippen molar-refractivity contribution in [2.24, 2.45) is 5.73 Å². The molecule has 0 bridgehead atoms. The van der Waals surface area contributed by atoms with E-state index in [0.717, 1.165) is 0 Å². The molecule has 2 amide bonds. The molecular weight excluding hydrogens is 356 g/mol. The monoisotopic (exact) mass is 376 g/mol. The number of hydrogen-bond donors (Lipinski definition) is 2. The third-order valence-electron chi connectivity index (χ3n) is 3.49. The number of aromatic nitrogens is 2. The van der Waals surface area contributed by atoms with E-state index in [4.69, 9.17) is 24.7 Å². The van der Waals surface area contributed by atoms with E-state index >= 15 is 0 Å². The lowest BCUT2D eigenvalue weighted by molar-refractivity contribution is -0.119. The Balaban J connectivity index is 2.43. The Morgan fingerprint density at radius 3 is 2.15 bits per heavy atom. The van der Waals surface area contributed by atoms with E-state index in [1.807, 2.05) is 0 Å². The summed E-state index contributed by atoms with van der Waals surface area (Å²) in [7, 11) is 4.26. The fourth-order valence-electron chi connectivity index (χ4n) is 2.07. The summed E-state index contributed by atoms with van der Waals surface area (Å²) in [6.45, 7) is 1.46. The topological polar surface area (TPSA) is 135 Å². The molecule has 0 aliphatic heterocycles. The summed E-state index contributed by atoms with van der Waals surface area (Å²) in [5.41, 5.74) is 5.25. The number of rotatable bonds is 8. The molecule has 0 fully saturated rings. The number of nitrogens with two attached hydrogens (primary N) is 1. The van der Waals surface area contributed by atoms with Gasteiger partial charge in [0, 0.05) is 0 Å². The number of benzene rings is 1. The highest BCUT2D eigenvalue weighted by atomic mass is 16.5. The Morgan fingerprint density at radius 2 is 1.63 bits per heavy atom. The van der Waals surface area contributed by atoms with Crippen LogP contribution in [0.4, 0.5) is 0 Å². The summed E-state index contributed by atoms with van der Waals surface area (Å²) in [5.74, 6) is -0.512. The van der Waals surface area contributed by atoms with Crippen molar-refractivity contribution < 1.29 is 28.5 Å². The number of hydrogen-bond acceptors (Lipinski definition) is 8. The number of primary amides is 1. The number of nitrogens with zero attached hydrogens (tertiary/aromatic N) is 2. The van der Waals surface area contributed by atoms with Crippen molar-refractivity contribution in [3.63, 3.8) is 0 Å². The van der Waals surface area contributed by atoms with Gasteiger partial charge in [0.15, 0.2) is 0 Å². The minimum atomic E-state index is -0.886. The van der Waals surface area contributed by atoms with Crippen molar-refractivity contribution in [3.8, 4) is 29.3 Å². The highest BCUT2D eigenvalue weighted by Crippen LogP contribution is 2.32. The molecule has 0 saturated carbocycles. The lowest BCUT2D eigenvalue weighted by Gasteiger charge is -2.16. The highest BCUT2D eigenvalue weighted by Gasteiger charge is 2.23. The molecular formula is C17H20N4O6. The van der Waals surface area contributed by atoms with Crippen LogP contribution in [0.15, 0.2) is 24.3 Å². The maximum atomic E-state index is 12.6. The van der Waals surface area contributed by atoms with Crippen molar-refractivity contribution in [1.29, 1.82) is 0 Å². The SMILES string of the molecule is COc1cc(OC)nc(Oc2cccc(OC)c2C(=O)NC(C)C(N)=O)n1. The maximum absolute atomic E-state index is 12.6. The van der Waals surface area contributed by atoms with Gasteiger partial charge < -0.3 is 30.0 Å². The quantitative estimate of drug-likeness (QED) is 0.694. The van der Waals surface area contributed by atoms with Gasteiger partial charge in [-0.25, -0.2) is 0 Å². The molecule has 0 radical (unpaired) electrons. The van der Waals surface area contributed by atoms with E-state index in [1.54, 1.807) is 12.1 Å². The highest BCUT2D eigenvalue weighted by molar-refractivity contribution is 6.01. The average Bonchev–Trinajstić information content (AvgIpc) is 2.66. The third kappa shape index (κ3) is 4.75. The van der Waals surface area contributed by atoms with Crippen molar-refractivity contribution >= 4 is 11.8 Å². The van der Waals surface area contributed by atoms with Crippen LogP contribution in [0.1, 0.15) is 17.3 Å². The van der Waals surface area contributed by atoms with E-state index in [0.29, 0.717) is 0 Å². The molecule has 0 aliphatic rings. The number of carbonyl (C=O) groups excluding carboxylic acids is 2. The van der Waals surface area contributed by atoms with Crippen molar-refractivity contribution in [1.82, 2.24) is 15.3 Å². The first kappa shape index (κ1) is 19.8. The van der Waals surface area contributed by atoms with E-state index in [2.05, 4.69) is 15.3 Å². The van der Waals surface area contributed by atoms with E-state index < -0.39 is 17.9 Å². The molecule has 1 aromatic carbocycles. The van der Waals surface area contributed by atoms with Crippen molar-refractivity contribution in [2.45, 2.75) is 13.0 Å². The number of methoxy groups -OCH3 is 3. The fraction of sp³-hybridized carbons (Fsp3) is 0.294. The smallest absolute Gasteiger partial charge is 0.328 e. The number of ether oxygens (including phenoxy) is 4. The molecule has 10 heteroatoms. The summed E-state index contributed by atoms with van der Waals surface area (Å²) in [5, 5.41) is 2.48. The summed E-state index contributed by atoms with van der Waals surface area (Å²) in [6, 6.07) is 5.21. The Kier molecular flexibility index (Phi) is 6.36. The molecule has 1 aromatic heterocycles. The molecule has 0 spiro atoms. The van der Waals surface area contributed by atoms with Gasteiger partial charge >= 0.3 is 6.01 Å². The Bertz CT molecular complexity index is 820. The zero-order valence-electron chi connectivity index (χ0n) is 15.3. The minimum Gasteiger partial charge on any atom is -0.496 e. The molecule has 10 nitrogen and oxygen atoms in total. The van der Waals surface area contributed by atoms with Gasteiger partial charge in [-0.3, -0.25) is 9.59 Å². The van der Waals surface area contributed by atoms with Crippen LogP contribution < -0.4 is 30.0 Å². The van der Waals surface area contributed by atoms with Crippen LogP contribution in [-0.2, 0) is 4.79 Å². The lowest BCUT2D eigenvalue weighted by Crippen LogP contribution is -2.42. The zero-order valence-corrected chi connectivity index (χ0v) is 15.3. The summed E-state index contributed by atoms with van der Waals surface area (Å²) in [4.78, 5) is 32.0. The molecule has 0 saturated heterocycles. The average molecular weight is 376 g/mol. The second kappa shape index (κ2) is 8.70. The van der Waals surface area contributed by atoms with Gasteiger partial charge in [0.25, 0.3) is 5.91 Å². The summed E-state index contributed by atoms with van der Waals surface area (Å²) < 4.78 is 21.0. The Labute approximate surface area is 155 Å². The molecule has 1 atom stereocenters. The standard InChI is InChI=1S/C17H20N4O6/c1-9(15(18)22)19-16(23)14-10(24-2)6-5-7-11(14)27-17-20-12(25-3)8-13(21-17)26-4/h5-9H,1-4H3,(H2,18,22)(H,19,23). The lowest BCUT2D eigenvalue weighted by atomic mass is 10.1. The van der Waals surface area contributed by atoms with Crippen LogP contribution >= 0.6 is 0 Å². The second-order valence-corrected chi connectivity index (χ2v) is 5.27. The number of nitrogens with one attached hydrogen (secondary N) is 1. The molecule has 3 N–H and O–H groups in total. The van der Waals surface area contributed by atoms with Gasteiger partial charge in [-0.05, 0) is 19.1 Å². The van der Waals surface area contributed by atoms with Gasteiger partial charge in [0.1, 0.15) is 23.1 Å². The van der Waals surface area contributed by atoms with Gasteiger partial charge in [-0.15, -0.1) is 0 Å². The van der Waals surface area contributed by atoms with Gasteiger partial charge in [-0.1, -0.05) is 6.07 Å². The van der Waals surface area contributed by atoms with E-state index in [1.165, 1.54) is 40.4 Å². The molecule has 144 valence electrons. The largest absolute Gasteiger partial charge is 0.496 e. The molecule has 27 heavy (non-hydrogen) atoms. The van der Waals surface area contributed by atoms with Crippen LogP contribution in [0.3, 0.4) is 0 Å². The first-order chi connectivity index (χ1) is 12.9. The molecule has 1 heterocycles. The van der Waals surface area contributed by atoms with E-state index in [9.17, 15) is 9.59 Å². The first-order valence-electron chi connectivity index (χ1n) is 7.81. The van der Waals surface area contributed by atoms with Crippen LogP contribution in [0.5, 0.6) is 29.3 Å². The van der Waals surface area contributed by atoms with Gasteiger partial charge in [-0.2, -0.15) is 9.97 Å². The molecule has 1 unspecified atom stereocenters. The molecule has 2 rings (SSSR count). The second-order valence-electron chi connectivity index (χ2n) is 5.27. The normalized spacial score (nSPS) is 11.3.